The second kappa shape index (κ2) is 6.26. The predicted octanol–water partition coefficient (Wildman–Crippen LogP) is 4.68. The van der Waals surface area contributed by atoms with Crippen LogP contribution < -0.4 is 14.8 Å². The number of ether oxygens (including phenoxy) is 2. The van der Waals surface area contributed by atoms with Gasteiger partial charge in [0.05, 0.1) is 5.02 Å². The summed E-state index contributed by atoms with van der Waals surface area (Å²) in [6, 6.07) is 12.4. The molecule has 21 heavy (non-hydrogen) atoms. The average Bonchev–Trinajstić information content (AvgIpc) is 2.93. The normalized spacial score (nSPS) is 14.2. The molecule has 0 aliphatic carbocycles. The molecule has 0 fully saturated rings. The average molecular weight is 369 g/mol. The van der Waals surface area contributed by atoms with Gasteiger partial charge in [-0.15, -0.1) is 0 Å². The SMILES string of the molecule is CC(NCc1cc(Cl)c2c(c1)OCO2)c1cccc(Br)c1. The van der Waals surface area contributed by atoms with Crippen LogP contribution in [-0.4, -0.2) is 6.79 Å². The van der Waals surface area contributed by atoms with Gasteiger partial charge in [-0.05, 0) is 42.3 Å². The van der Waals surface area contributed by atoms with Crippen molar-refractivity contribution in [3.63, 3.8) is 0 Å². The lowest BCUT2D eigenvalue weighted by Crippen LogP contribution is -2.18. The van der Waals surface area contributed by atoms with Crippen LogP contribution in [0.1, 0.15) is 24.1 Å². The van der Waals surface area contributed by atoms with Gasteiger partial charge in [-0.3, -0.25) is 0 Å². The first-order valence-electron chi connectivity index (χ1n) is 6.70. The lowest BCUT2D eigenvalue weighted by molar-refractivity contribution is 0.174. The second-order valence-corrected chi connectivity index (χ2v) is 6.29. The minimum atomic E-state index is 0.236. The van der Waals surface area contributed by atoms with Gasteiger partial charge < -0.3 is 14.8 Å². The molecule has 0 saturated carbocycles. The van der Waals surface area contributed by atoms with Crippen molar-refractivity contribution in [2.75, 3.05) is 6.79 Å². The van der Waals surface area contributed by atoms with Crippen molar-refractivity contribution < 1.29 is 9.47 Å². The molecule has 110 valence electrons. The molecule has 1 N–H and O–H groups in total. The Labute approximate surface area is 137 Å². The molecule has 0 amide bonds. The fraction of sp³-hybridized carbons (Fsp3) is 0.250. The topological polar surface area (TPSA) is 30.5 Å². The third-order valence-corrected chi connectivity index (χ3v) is 4.22. The number of fused-ring (bicyclic) bond motifs is 1. The summed E-state index contributed by atoms with van der Waals surface area (Å²) in [6.45, 7) is 3.08. The van der Waals surface area contributed by atoms with Crippen molar-refractivity contribution in [1.82, 2.24) is 5.32 Å². The van der Waals surface area contributed by atoms with E-state index in [1.807, 2.05) is 24.3 Å². The quantitative estimate of drug-likeness (QED) is 0.850. The van der Waals surface area contributed by atoms with Gasteiger partial charge in [-0.1, -0.05) is 39.7 Å². The lowest BCUT2D eigenvalue weighted by atomic mass is 10.1. The fourth-order valence-electron chi connectivity index (χ4n) is 2.29. The summed E-state index contributed by atoms with van der Waals surface area (Å²) in [7, 11) is 0. The van der Waals surface area contributed by atoms with E-state index in [2.05, 4.69) is 40.3 Å². The Morgan fingerprint density at radius 3 is 2.95 bits per heavy atom. The Morgan fingerprint density at radius 1 is 1.29 bits per heavy atom. The zero-order valence-corrected chi connectivity index (χ0v) is 13.9. The van der Waals surface area contributed by atoms with Crippen LogP contribution in [0.4, 0.5) is 0 Å². The number of rotatable bonds is 4. The monoisotopic (exact) mass is 367 g/mol. The van der Waals surface area contributed by atoms with Gasteiger partial charge in [-0.25, -0.2) is 0 Å². The third kappa shape index (κ3) is 3.34. The van der Waals surface area contributed by atoms with Crippen molar-refractivity contribution >= 4 is 27.5 Å². The molecule has 0 spiro atoms. The van der Waals surface area contributed by atoms with Gasteiger partial charge in [0, 0.05) is 17.1 Å². The van der Waals surface area contributed by atoms with Crippen molar-refractivity contribution in [3.8, 4) is 11.5 Å². The van der Waals surface area contributed by atoms with Gasteiger partial charge in [0.1, 0.15) is 0 Å². The van der Waals surface area contributed by atoms with Crippen molar-refractivity contribution in [2.24, 2.45) is 0 Å². The minimum absolute atomic E-state index is 0.236. The van der Waals surface area contributed by atoms with E-state index in [0.717, 1.165) is 15.8 Å². The highest BCUT2D eigenvalue weighted by Crippen LogP contribution is 2.39. The number of nitrogens with one attached hydrogen (secondary N) is 1. The summed E-state index contributed by atoms with van der Waals surface area (Å²) in [4.78, 5) is 0. The smallest absolute Gasteiger partial charge is 0.231 e. The summed E-state index contributed by atoms with van der Waals surface area (Å²) in [5.74, 6) is 1.36. The van der Waals surface area contributed by atoms with E-state index in [1.165, 1.54) is 5.56 Å². The molecular weight excluding hydrogens is 354 g/mol. The highest BCUT2D eigenvalue weighted by atomic mass is 79.9. The van der Waals surface area contributed by atoms with E-state index < -0.39 is 0 Å². The molecule has 1 aliphatic rings. The Kier molecular flexibility index (Phi) is 4.38. The molecule has 1 unspecified atom stereocenters. The highest BCUT2D eigenvalue weighted by molar-refractivity contribution is 9.10. The molecule has 5 heteroatoms. The first-order valence-corrected chi connectivity index (χ1v) is 7.87. The van der Waals surface area contributed by atoms with Crippen molar-refractivity contribution in [1.29, 1.82) is 0 Å². The Hall–Kier alpha value is -1.23. The number of halogens is 2. The summed E-state index contributed by atoms with van der Waals surface area (Å²) < 4.78 is 11.8. The molecule has 0 radical (unpaired) electrons. The maximum absolute atomic E-state index is 6.19. The summed E-state index contributed by atoms with van der Waals surface area (Å²) in [6.07, 6.45) is 0. The number of hydrogen-bond donors (Lipinski definition) is 1. The predicted molar refractivity (Wildman–Crippen MR) is 87.0 cm³/mol. The molecule has 2 aromatic carbocycles. The van der Waals surface area contributed by atoms with Crippen LogP contribution in [0, 0.1) is 0 Å². The van der Waals surface area contributed by atoms with E-state index in [1.54, 1.807) is 0 Å². The van der Waals surface area contributed by atoms with Crippen LogP contribution in [0.5, 0.6) is 11.5 Å². The van der Waals surface area contributed by atoms with Crippen molar-refractivity contribution in [2.45, 2.75) is 19.5 Å². The maximum Gasteiger partial charge on any atom is 0.231 e. The molecule has 1 heterocycles. The highest BCUT2D eigenvalue weighted by Gasteiger charge is 2.18. The Balaban J connectivity index is 1.69. The first kappa shape index (κ1) is 14.7. The van der Waals surface area contributed by atoms with Gasteiger partial charge in [0.25, 0.3) is 0 Å². The van der Waals surface area contributed by atoms with Gasteiger partial charge in [0.15, 0.2) is 11.5 Å². The molecule has 1 atom stereocenters. The molecule has 0 saturated heterocycles. The third-order valence-electron chi connectivity index (χ3n) is 3.45. The molecule has 0 bridgehead atoms. The minimum Gasteiger partial charge on any atom is -0.454 e. The van der Waals surface area contributed by atoms with Gasteiger partial charge in [-0.2, -0.15) is 0 Å². The van der Waals surface area contributed by atoms with Gasteiger partial charge >= 0.3 is 0 Å². The molecule has 0 aromatic heterocycles. The van der Waals surface area contributed by atoms with Crippen LogP contribution in [0.15, 0.2) is 40.9 Å². The summed E-state index contributed by atoms with van der Waals surface area (Å²) in [5.41, 5.74) is 2.31. The number of hydrogen-bond acceptors (Lipinski definition) is 3. The number of benzene rings is 2. The summed E-state index contributed by atoms with van der Waals surface area (Å²) in [5, 5.41) is 4.08. The van der Waals surface area contributed by atoms with E-state index in [9.17, 15) is 0 Å². The van der Waals surface area contributed by atoms with E-state index in [-0.39, 0.29) is 12.8 Å². The largest absolute Gasteiger partial charge is 0.454 e. The standard InChI is InChI=1S/C16H15BrClNO2/c1-10(12-3-2-4-13(17)7-12)19-8-11-5-14(18)16-15(6-11)20-9-21-16/h2-7,10,19H,8-9H2,1H3. The fourth-order valence-corrected chi connectivity index (χ4v) is 2.99. The zero-order valence-electron chi connectivity index (χ0n) is 11.5. The second-order valence-electron chi connectivity index (χ2n) is 4.97. The van der Waals surface area contributed by atoms with Crippen molar-refractivity contribution in [3.05, 3.63) is 57.0 Å². The lowest BCUT2D eigenvalue weighted by Gasteiger charge is -2.15. The molecule has 3 rings (SSSR count). The molecule has 2 aromatic rings. The van der Waals surface area contributed by atoms with Crippen LogP contribution in [0.2, 0.25) is 5.02 Å². The van der Waals surface area contributed by atoms with E-state index in [4.69, 9.17) is 21.1 Å². The van der Waals surface area contributed by atoms with Crippen LogP contribution in [0.3, 0.4) is 0 Å². The molecular formula is C16H15BrClNO2. The Bertz CT molecular complexity index is 663. The van der Waals surface area contributed by atoms with Crippen LogP contribution in [-0.2, 0) is 6.54 Å². The maximum atomic E-state index is 6.19. The Morgan fingerprint density at radius 2 is 2.14 bits per heavy atom. The molecule has 3 nitrogen and oxygen atoms in total. The zero-order chi connectivity index (χ0) is 14.8. The van der Waals surface area contributed by atoms with Crippen LogP contribution in [0.25, 0.3) is 0 Å². The summed E-state index contributed by atoms with van der Waals surface area (Å²) >= 11 is 9.68. The van der Waals surface area contributed by atoms with E-state index >= 15 is 0 Å². The molecule has 1 aliphatic heterocycles. The first-order chi connectivity index (χ1) is 10.1. The van der Waals surface area contributed by atoms with E-state index in [0.29, 0.717) is 17.3 Å². The van der Waals surface area contributed by atoms with Crippen LogP contribution >= 0.6 is 27.5 Å². The van der Waals surface area contributed by atoms with Gasteiger partial charge in [0.2, 0.25) is 6.79 Å².